The van der Waals surface area contributed by atoms with Crippen LogP contribution < -0.4 is 10.1 Å². The molecule has 2 aromatic rings. The molecule has 1 heterocycles. The minimum Gasteiger partial charge on any atom is -0.490 e. The molecule has 0 aliphatic rings. The second kappa shape index (κ2) is 6.61. The molecule has 2 rings (SSSR count). The maximum absolute atomic E-state index is 5.80. The zero-order valence-electron chi connectivity index (χ0n) is 9.57. The average molecular weight is 328 g/mol. The van der Waals surface area contributed by atoms with Crippen LogP contribution in [0.5, 0.6) is 5.75 Å². The van der Waals surface area contributed by atoms with Crippen molar-refractivity contribution < 1.29 is 4.74 Å². The van der Waals surface area contributed by atoms with Crippen molar-refractivity contribution in [3.05, 3.63) is 52.2 Å². The second-order valence-electron chi connectivity index (χ2n) is 3.62. The summed E-state index contributed by atoms with van der Waals surface area (Å²) in [5.41, 5.74) is 1.02. The average Bonchev–Trinajstić information content (AvgIpc) is 2.37. The van der Waals surface area contributed by atoms with E-state index in [4.69, 9.17) is 16.3 Å². The summed E-state index contributed by atoms with van der Waals surface area (Å²) >= 11 is 9.15. The maximum atomic E-state index is 5.80. The maximum Gasteiger partial charge on any atom is 0.138 e. The first kappa shape index (κ1) is 13.2. The molecule has 0 aliphatic heterocycles. The van der Waals surface area contributed by atoms with Gasteiger partial charge in [0.05, 0.1) is 6.20 Å². The van der Waals surface area contributed by atoms with Crippen LogP contribution in [0.4, 0.5) is 5.69 Å². The largest absolute Gasteiger partial charge is 0.490 e. The molecule has 5 heteroatoms. The number of anilines is 1. The van der Waals surface area contributed by atoms with Gasteiger partial charge in [-0.2, -0.15) is 0 Å². The monoisotopic (exact) mass is 326 g/mol. The molecule has 0 spiro atoms. The van der Waals surface area contributed by atoms with E-state index in [1.54, 1.807) is 12.4 Å². The number of rotatable bonds is 5. The third kappa shape index (κ3) is 4.20. The lowest BCUT2D eigenvalue weighted by molar-refractivity contribution is 0.331. The van der Waals surface area contributed by atoms with Crippen LogP contribution in [0.2, 0.25) is 5.02 Å². The van der Waals surface area contributed by atoms with Crippen molar-refractivity contribution >= 4 is 33.2 Å². The number of aromatic nitrogens is 1. The van der Waals surface area contributed by atoms with Gasteiger partial charge in [0.25, 0.3) is 0 Å². The molecular weight excluding hydrogens is 316 g/mol. The SMILES string of the molecule is Clc1ccc(NCCOc2cncc(Br)c2)cc1. The van der Waals surface area contributed by atoms with E-state index in [0.717, 1.165) is 20.9 Å². The van der Waals surface area contributed by atoms with Gasteiger partial charge in [-0.3, -0.25) is 4.98 Å². The summed E-state index contributed by atoms with van der Waals surface area (Å²) in [6.45, 7) is 1.29. The third-order valence-corrected chi connectivity index (χ3v) is 2.91. The molecule has 1 aromatic carbocycles. The third-order valence-electron chi connectivity index (χ3n) is 2.22. The molecule has 0 aliphatic carbocycles. The van der Waals surface area contributed by atoms with Crippen molar-refractivity contribution in [1.82, 2.24) is 4.98 Å². The van der Waals surface area contributed by atoms with Gasteiger partial charge in [0.15, 0.2) is 0 Å². The predicted molar refractivity (Wildman–Crippen MR) is 77.4 cm³/mol. The topological polar surface area (TPSA) is 34.1 Å². The first-order valence-electron chi connectivity index (χ1n) is 5.47. The van der Waals surface area contributed by atoms with Crippen molar-refractivity contribution in [3.8, 4) is 5.75 Å². The van der Waals surface area contributed by atoms with Crippen molar-refractivity contribution in [2.24, 2.45) is 0 Å². The van der Waals surface area contributed by atoms with Gasteiger partial charge in [0.2, 0.25) is 0 Å². The molecule has 0 amide bonds. The Bertz CT molecular complexity index is 505. The summed E-state index contributed by atoms with van der Waals surface area (Å²) < 4.78 is 6.46. The number of hydrogen-bond donors (Lipinski definition) is 1. The summed E-state index contributed by atoms with van der Waals surface area (Å²) in [6.07, 6.45) is 3.41. The van der Waals surface area contributed by atoms with Crippen molar-refractivity contribution in [2.75, 3.05) is 18.5 Å². The zero-order chi connectivity index (χ0) is 12.8. The smallest absolute Gasteiger partial charge is 0.138 e. The van der Waals surface area contributed by atoms with E-state index in [1.807, 2.05) is 30.3 Å². The lowest BCUT2D eigenvalue weighted by Gasteiger charge is -2.08. The highest BCUT2D eigenvalue weighted by molar-refractivity contribution is 9.10. The van der Waals surface area contributed by atoms with E-state index >= 15 is 0 Å². The van der Waals surface area contributed by atoms with Crippen molar-refractivity contribution in [2.45, 2.75) is 0 Å². The summed E-state index contributed by atoms with van der Waals surface area (Å²) in [6, 6.07) is 9.45. The van der Waals surface area contributed by atoms with E-state index in [1.165, 1.54) is 0 Å². The molecular formula is C13H12BrClN2O. The number of pyridine rings is 1. The Hall–Kier alpha value is -1.26. The van der Waals surface area contributed by atoms with Gasteiger partial charge in [0, 0.05) is 27.9 Å². The second-order valence-corrected chi connectivity index (χ2v) is 4.97. The van der Waals surface area contributed by atoms with Crippen LogP contribution in [-0.2, 0) is 0 Å². The van der Waals surface area contributed by atoms with E-state index in [0.29, 0.717) is 13.2 Å². The Balaban J connectivity index is 1.74. The van der Waals surface area contributed by atoms with Crippen LogP contribution in [0.25, 0.3) is 0 Å². The molecule has 0 atom stereocenters. The summed E-state index contributed by atoms with van der Waals surface area (Å²) in [7, 11) is 0. The van der Waals surface area contributed by atoms with E-state index < -0.39 is 0 Å². The summed E-state index contributed by atoms with van der Waals surface area (Å²) in [5, 5.41) is 3.97. The van der Waals surface area contributed by atoms with Gasteiger partial charge in [-0.05, 0) is 46.3 Å². The van der Waals surface area contributed by atoms with Gasteiger partial charge >= 0.3 is 0 Å². The minimum absolute atomic E-state index is 0.570. The highest BCUT2D eigenvalue weighted by atomic mass is 79.9. The quantitative estimate of drug-likeness (QED) is 0.843. The van der Waals surface area contributed by atoms with E-state index in [2.05, 4.69) is 26.2 Å². The molecule has 0 saturated heterocycles. The highest BCUT2D eigenvalue weighted by Crippen LogP contribution is 2.16. The molecule has 0 radical (unpaired) electrons. The predicted octanol–water partition coefficient (Wildman–Crippen LogP) is 3.99. The lowest BCUT2D eigenvalue weighted by atomic mass is 10.3. The molecule has 0 bridgehead atoms. The number of nitrogens with zero attached hydrogens (tertiary/aromatic N) is 1. The Morgan fingerprint density at radius 3 is 2.72 bits per heavy atom. The Morgan fingerprint density at radius 2 is 2.00 bits per heavy atom. The van der Waals surface area contributed by atoms with Crippen molar-refractivity contribution in [3.63, 3.8) is 0 Å². The van der Waals surface area contributed by atoms with Crippen LogP contribution in [0.3, 0.4) is 0 Å². The minimum atomic E-state index is 0.570. The Kier molecular flexibility index (Phi) is 4.84. The molecule has 1 aromatic heterocycles. The molecule has 1 N–H and O–H groups in total. The number of benzene rings is 1. The fraction of sp³-hybridized carbons (Fsp3) is 0.154. The van der Waals surface area contributed by atoms with Crippen LogP contribution >= 0.6 is 27.5 Å². The number of ether oxygens (including phenoxy) is 1. The van der Waals surface area contributed by atoms with Crippen LogP contribution in [0, 0.1) is 0 Å². The highest BCUT2D eigenvalue weighted by Gasteiger charge is 1.96. The number of halogens is 2. The molecule has 94 valence electrons. The zero-order valence-corrected chi connectivity index (χ0v) is 11.9. The molecule has 0 unspecified atom stereocenters. The first-order valence-corrected chi connectivity index (χ1v) is 6.64. The van der Waals surface area contributed by atoms with Gasteiger partial charge in [-0.25, -0.2) is 0 Å². The fourth-order valence-corrected chi connectivity index (χ4v) is 1.87. The molecule has 18 heavy (non-hydrogen) atoms. The molecule has 0 saturated carbocycles. The van der Waals surface area contributed by atoms with Crippen LogP contribution in [0.15, 0.2) is 47.2 Å². The van der Waals surface area contributed by atoms with Crippen LogP contribution in [0.1, 0.15) is 0 Å². The van der Waals surface area contributed by atoms with E-state index in [-0.39, 0.29) is 0 Å². The van der Waals surface area contributed by atoms with Gasteiger partial charge in [0.1, 0.15) is 12.4 Å². The van der Waals surface area contributed by atoms with Gasteiger partial charge in [-0.15, -0.1) is 0 Å². The van der Waals surface area contributed by atoms with E-state index in [9.17, 15) is 0 Å². The van der Waals surface area contributed by atoms with Crippen molar-refractivity contribution in [1.29, 1.82) is 0 Å². The summed E-state index contributed by atoms with van der Waals surface area (Å²) in [4.78, 5) is 4.02. The standard InChI is InChI=1S/C13H12BrClN2O/c14-10-7-13(9-16-8-10)18-6-5-17-12-3-1-11(15)2-4-12/h1-4,7-9,17H,5-6H2. The normalized spacial score (nSPS) is 10.1. The lowest BCUT2D eigenvalue weighted by Crippen LogP contribution is -2.11. The summed E-state index contributed by atoms with van der Waals surface area (Å²) in [5.74, 6) is 0.752. The number of nitrogens with one attached hydrogen (secondary N) is 1. The molecule has 3 nitrogen and oxygen atoms in total. The first-order chi connectivity index (χ1) is 8.74. The van der Waals surface area contributed by atoms with Gasteiger partial charge < -0.3 is 10.1 Å². The Labute approximate surface area is 119 Å². The van der Waals surface area contributed by atoms with Gasteiger partial charge in [-0.1, -0.05) is 11.6 Å². The fourth-order valence-electron chi connectivity index (χ4n) is 1.40. The van der Waals surface area contributed by atoms with Crippen LogP contribution in [-0.4, -0.2) is 18.1 Å². The Morgan fingerprint density at radius 1 is 1.22 bits per heavy atom. The number of hydrogen-bond acceptors (Lipinski definition) is 3. The molecule has 0 fully saturated rings.